The number of hydrogen-bond donors (Lipinski definition) is 0. The fourth-order valence-corrected chi connectivity index (χ4v) is 13.5. The first kappa shape index (κ1) is 70.9. The maximum atomic E-state index is 7.42. The van der Waals surface area contributed by atoms with Crippen LogP contribution in [0.2, 0.25) is 0 Å². The highest BCUT2D eigenvalue weighted by atomic mass is 15.4. The monoisotopic (exact) mass is 1120 g/mol. The third-order valence-electron chi connectivity index (χ3n) is 16.3. The first-order chi connectivity index (χ1) is 35.7. The highest BCUT2D eigenvalue weighted by Crippen LogP contribution is 2.63. The van der Waals surface area contributed by atoms with Crippen LogP contribution in [0.1, 0.15) is 312 Å². The van der Waals surface area contributed by atoms with E-state index in [4.69, 9.17) is 16.7 Å². The minimum Gasteiger partial charge on any atom is -0.364 e. The zero-order valence-corrected chi connectivity index (χ0v) is 60.2. The molecule has 0 saturated heterocycles. The fraction of sp³-hybridized carbons (Fsp3) is 0.761. The zero-order chi connectivity index (χ0) is 63.9. The molecule has 458 valence electrons. The van der Waals surface area contributed by atoms with E-state index < -0.39 is 0 Å². The molecule has 0 aromatic carbocycles. The van der Waals surface area contributed by atoms with Crippen molar-refractivity contribution in [1.82, 2.24) is 43.5 Å². The molecule has 5 aromatic heterocycles. The maximum Gasteiger partial charge on any atom is 0.234 e. The van der Waals surface area contributed by atoms with Crippen molar-refractivity contribution in [2.75, 3.05) is 0 Å². The van der Waals surface area contributed by atoms with Crippen LogP contribution in [0.4, 0.5) is 5.82 Å². The molecule has 81 heavy (non-hydrogen) atoms. The lowest BCUT2D eigenvalue weighted by atomic mass is 9.49. The van der Waals surface area contributed by atoms with E-state index in [1.54, 1.807) is 0 Å². The van der Waals surface area contributed by atoms with Crippen molar-refractivity contribution in [3.63, 3.8) is 0 Å². The van der Waals surface area contributed by atoms with Crippen LogP contribution in [0.5, 0.6) is 0 Å². The van der Waals surface area contributed by atoms with E-state index in [9.17, 15) is 0 Å². The van der Waals surface area contributed by atoms with Crippen molar-refractivity contribution in [2.24, 2.45) is 34.1 Å². The van der Waals surface area contributed by atoms with E-state index in [0.29, 0.717) is 5.54 Å². The van der Waals surface area contributed by atoms with Crippen molar-refractivity contribution in [2.45, 2.75) is 321 Å². The van der Waals surface area contributed by atoms with Crippen LogP contribution in [0.3, 0.4) is 0 Å². The van der Waals surface area contributed by atoms with E-state index in [0.717, 1.165) is 28.9 Å². The van der Waals surface area contributed by atoms with E-state index in [-0.39, 0.29) is 54.1 Å². The number of rotatable bonds is 1. The van der Waals surface area contributed by atoms with Crippen LogP contribution < -0.4 is 0 Å². The van der Waals surface area contributed by atoms with Crippen LogP contribution in [0.15, 0.2) is 0 Å². The Balaban J connectivity index is 0.000000267. The summed E-state index contributed by atoms with van der Waals surface area (Å²) in [7, 11) is 8.19. The third-order valence-corrected chi connectivity index (χ3v) is 16.3. The Morgan fingerprint density at radius 1 is 0.383 bits per heavy atom. The molecule has 0 spiro atoms. The Bertz CT molecular complexity index is 2840. The first-order valence-corrected chi connectivity index (χ1v) is 30.5. The number of imidazole rings is 1. The summed E-state index contributed by atoms with van der Waals surface area (Å²) in [5.74, 6) is 2.89. The van der Waals surface area contributed by atoms with Crippen LogP contribution in [-0.2, 0) is 87.9 Å². The second kappa shape index (κ2) is 22.9. The van der Waals surface area contributed by atoms with Gasteiger partial charge in [-0.15, -0.1) is 0 Å². The summed E-state index contributed by atoms with van der Waals surface area (Å²) in [6.45, 7) is 85.7. The minimum absolute atomic E-state index is 0.00845. The van der Waals surface area contributed by atoms with Crippen molar-refractivity contribution < 1.29 is 0 Å². The molecule has 5 heterocycles. The molecule has 3 saturated carbocycles. The Morgan fingerprint density at radius 2 is 0.691 bits per heavy atom. The molecule has 3 aliphatic rings. The molecule has 2 bridgehead atoms. The fourth-order valence-electron chi connectivity index (χ4n) is 13.5. The van der Waals surface area contributed by atoms with Crippen molar-refractivity contribution in [1.29, 1.82) is 0 Å². The van der Waals surface area contributed by atoms with Gasteiger partial charge in [0.15, 0.2) is 0 Å². The molecule has 0 N–H and O–H groups in total. The normalized spacial score (nSPS) is 17.1. The molecule has 5 aromatic rings. The van der Waals surface area contributed by atoms with Gasteiger partial charge in [0.25, 0.3) is 0 Å². The third kappa shape index (κ3) is 15.5. The Morgan fingerprint density at radius 3 is 0.926 bits per heavy atom. The standard InChI is InChI=1S/C17H28N2.C15H24N2.3C13H24N2/c1-11-13(15(2,3)4)14(16(5,6)7)19(18-11)17-8-12(9-17)10-17;1-10-11(14(2,3)4)12(15(5,6)7)13(16-8)17(10)9;1-9-14-10(12(2,3)4)11(15(9)8)13(5,6)7;2*1-9-10(12(2,3)4)11(13(5,6)7)15(8)14-9/h12H,8-10H2,1-7H3;1-7,9H3;3*1-8H3. The van der Waals surface area contributed by atoms with Crippen molar-refractivity contribution in [3.8, 4) is 0 Å². The topological polar surface area (TPSA) is 80.6 Å². The lowest BCUT2D eigenvalue weighted by Crippen LogP contribution is -2.60. The summed E-state index contributed by atoms with van der Waals surface area (Å²) in [5, 5.41) is 14.1. The average Bonchev–Trinajstić information content (AvgIpc) is 3.95. The summed E-state index contributed by atoms with van der Waals surface area (Å²) < 4.78 is 10.8. The molecule has 10 nitrogen and oxygen atoms in total. The Kier molecular flexibility index (Phi) is 20.0. The molecular weight excluding hydrogens is 993 g/mol. The van der Waals surface area contributed by atoms with E-state index >= 15 is 0 Å². The average molecular weight is 1120 g/mol. The number of aryl methyl sites for hydroxylation is 6. The molecule has 0 radical (unpaired) electrons. The summed E-state index contributed by atoms with van der Waals surface area (Å²) in [4.78, 5) is 8.46. The molecule has 0 amide bonds. The molecule has 0 aliphatic heterocycles. The van der Waals surface area contributed by atoms with Crippen LogP contribution >= 0.6 is 0 Å². The lowest BCUT2D eigenvalue weighted by molar-refractivity contribution is -0.101. The van der Waals surface area contributed by atoms with E-state index in [2.05, 4.69) is 274 Å². The summed E-state index contributed by atoms with van der Waals surface area (Å²) in [6.07, 6.45) is 4.09. The molecule has 3 aliphatic carbocycles. The highest BCUT2D eigenvalue weighted by molar-refractivity contribution is 5.60. The number of aromatic nitrogens is 9. The summed E-state index contributed by atoms with van der Waals surface area (Å²) in [6, 6.07) is 0. The van der Waals surface area contributed by atoms with Crippen molar-refractivity contribution in [3.05, 3.63) is 96.3 Å². The summed E-state index contributed by atoms with van der Waals surface area (Å²) in [5.41, 5.74) is 20.1. The molecule has 10 heteroatoms. The first-order valence-electron chi connectivity index (χ1n) is 30.5. The predicted octanol–water partition coefficient (Wildman–Crippen LogP) is 18.7. The Labute approximate surface area is 498 Å². The quantitative estimate of drug-likeness (QED) is 0.157. The number of nitrogens with zero attached hydrogens (tertiary/aromatic N) is 10. The van der Waals surface area contributed by atoms with Crippen LogP contribution in [0, 0.1) is 47.1 Å². The second-order valence-corrected chi connectivity index (χ2v) is 35.0. The zero-order valence-electron chi connectivity index (χ0n) is 60.2. The lowest BCUT2D eigenvalue weighted by Gasteiger charge is -2.62. The molecule has 0 unspecified atom stereocenters. The van der Waals surface area contributed by atoms with Gasteiger partial charge in [-0.3, -0.25) is 18.6 Å². The maximum absolute atomic E-state index is 7.42. The van der Waals surface area contributed by atoms with Gasteiger partial charge in [0.2, 0.25) is 5.82 Å². The van der Waals surface area contributed by atoms with Gasteiger partial charge < -0.3 is 9.41 Å². The van der Waals surface area contributed by atoms with Gasteiger partial charge in [-0.05, 0) is 98.0 Å². The van der Waals surface area contributed by atoms with Gasteiger partial charge >= 0.3 is 0 Å². The SMILES string of the molecule is Cc1nc(C(C)(C)C)c(C(C)(C)C)n1C.Cc1nn(C)c(C(C)(C)C)c1C(C)(C)C.Cc1nn(C)c(C(C)(C)C)c1C(C)(C)C.Cc1nn(C23CC(C2)C3)c(C(C)(C)C)c1C(C)(C)C.[C-]#[N+]c1c(C(C)(C)C)c(C(C)(C)C)c(C)n1C. The van der Waals surface area contributed by atoms with Gasteiger partial charge in [-0.25, -0.2) is 4.98 Å². The molecule has 8 rings (SSSR count). The second-order valence-electron chi connectivity index (χ2n) is 35.0. The van der Waals surface area contributed by atoms with Gasteiger partial charge in [-0.1, -0.05) is 214 Å². The van der Waals surface area contributed by atoms with Crippen molar-refractivity contribution >= 4 is 5.82 Å². The molecular formula is C71H124N10. The number of hydrogen-bond acceptors (Lipinski definition) is 4. The van der Waals surface area contributed by atoms with Gasteiger partial charge in [0.05, 0.1) is 41.1 Å². The summed E-state index contributed by atoms with van der Waals surface area (Å²) >= 11 is 0. The van der Waals surface area contributed by atoms with E-state index in [1.165, 1.54) is 86.9 Å². The predicted molar refractivity (Wildman–Crippen MR) is 350 cm³/mol. The smallest absolute Gasteiger partial charge is 0.234 e. The van der Waals surface area contributed by atoms with Gasteiger partial charge in [0, 0.05) is 87.7 Å². The molecule has 3 fully saturated rings. The highest BCUT2D eigenvalue weighted by Gasteiger charge is 2.60. The largest absolute Gasteiger partial charge is 0.364 e. The van der Waals surface area contributed by atoms with Crippen LogP contribution in [-0.4, -0.2) is 43.5 Å². The van der Waals surface area contributed by atoms with Gasteiger partial charge in [0.1, 0.15) is 5.82 Å². The minimum atomic E-state index is 0.00845. The van der Waals surface area contributed by atoms with Crippen LogP contribution in [0.25, 0.3) is 4.85 Å². The van der Waals surface area contributed by atoms with E-state index in [1.807, 2.05) is 35.1 Å². The van der Waals surface area contributed by atoms with Gasteiger partial charge in [-0.2, -0.15) is 15.3 Å². The Hall–Kier alpha value is -4.39. The molecule has 0 atom stereocenters.